The van der Waals surface area contributed by atoms with Gasteiger partial charge in [-0.15, -0.1) is 0 Å². The molecule has 6 nitrogen and oxygen atoms in total. The number of aryl methyl sites for hydroxylation is 1. The summed E-state index contributed by atoms with van der Waals surface area (Å²) in [5, 5.41) is 10.9. The lowest BCUT2D eigenvalue weighted by Crippen LogP contribution is -2.53. The van der Waals surface area contributed by atoms with Crippen molar-refractivity contribution in [3.8, 4) is 11.3 Å². The fourth-order valence-corrected chi connectivity index (χ4v) is 4.62. The zero-order valence-electron chi connectivity index (χ0n) is 16.5. The molecule has 2 N–H and O–H groups in total. The molecule has 2 aromatic heterocycles. The number of nitrogens with one attached hydrogen (secondary N) is 2. The van der Waals surface area contributed by atoms with Crippen LogP contribution in [0.15, 0.2) is 40.9 Å². The molecule has 3 atom stereocenters. The van der Waals surface area contributed by atoms with Crippen LogP contribution in [0.5, 0.6) is 0 Å². The van der Waals surface area contributed by atoms with Gasteiger partial charge < -0.3 is 15.1 Å². The molecule has 0 unspecified atom stereocenters. The largest absolute Gasteiger partial charge is 0.439 e. The second-order valence-electron chi connectivity index (χ2n) is 7.56. The fourth-order valence-electron chi connectivity index (χ4n) is 4.13. The van der Waals surface area contributed by atoms with Crippen molar-refractivity contribution in [3.63, 3.8) is 0 Å². The van der Waals surface area contributed by atoms with Gasteiger partial charge in [-0.25, -0.2) is 4.39 Å². The third kappa shape index (κ3) is 3.97. The number of amides is 1. The number of rotatable bonds is 4. The van der Waals surface area contributed by atoms with Crippen molar-refractivity contribution < 1.29 is 13.6 Å². The molecule has 0 bridgehead atoms. The maximum absolute atomic E-state index is 13.8. The summed E-state index contributed by atoms with van der Waals surface area (Å²) in [6, 6.07) is 7.83. The SMILES string of the molecule is C[C@H]1CNC[C@@H](NC(=O)c2cc(-c3c(Cl)cnn3C)c(Cl)o2)[C@@H]1c1cccc(F)c1. The molecule has 0 saturated carbocycles. The number of carbonyl (C=O) groups excluding carboxylic acids is 1. The van der Waals surface area contributed by atoms with E-state index in [-0.39, 0.29) is 34.7 Å². The Morgan fingerprint density at radius 1 is 1.33 bits per heavy atom. The van der Waals surface area contributed by atoms with Gasteiger partial charge in [0.15, 0.2) is 5.76 Å². The van der Waals surface area contributed by atoms with Gasteiger partial charge in [0, 0.05) is 31.6 Å². The Morgan fingerprint density at radius 2 is 2.13 bits per heavy atom. The Hall–Kier alpha value is -2.35. The quantitative estimate of drug-likeness (QED) is 0.623. The average Bonchev–Trinajstić information content (AvgIpc) is 3.23. The molecule has 1 amide bonds. The summed E-state index contributed by atoms with van der Waals surface area (Å²) in [5.41, 5.74) is 1.91. The smallest absolute Gasteiger partial charge is 0.287 e. The van der Waals surface area contributed by atoms with Crippen LogP contribution in [0.2, 0.25) is 10.2 Å². The first-order chi connectivity index (χ1) is 14.3. The number of piperidine rings is 1. The molecule has 4 rings (SSSR count). The maximum Gasteiger partial charge on any atom is 0.287 e. The lowest BCUT2D eigenvalue weighted by molar-refractivity contribution is 0.0887. The number of nitrogens with zero attached hydrogens (tertiary/aromatic N) is 2. The number of furan rings is 1. The van der Waals surface area contributed by atoms with Gasteiger partial charge in [0.1, 0.15) is 5.82 Å². The van der Waals surface area contributed by atoms with Crippen LogP contribution >= 0.6 is 23.2 Å². The minimum absolute atomic E-state index is 0.0395. The van der Waals surface area contributed by atoms with E-state index in [0.29, 0.717) is 22.8 Å². The molecular formula is C21H21Cl2FN4O2. The molecule has 1 saturated heterocycles. The Labute approximate surface area is 183 Å². The summed E-state index contributed by atoms with van der Waals surface area (Å²) in [5.74, 6) is -0.455. The van der Waals surface area contributed by atoms with E-state index >= 15 is 0 Å². The van der Waals surface area contributed by atoms with Crippen molar-refractivity contribution in [2.45, 2.75) is 18.9 Å². The highest BCUT2D eigenvalue weighted by Crippen LogP contribution is 2.36. The van der Waals surface area contributed by atoms with E-state index in [2.05, 4.69) is 22.7 Å². The minimum atomic E-state index is -0.399. The topological polar surface area (TPSA) is 72.1 Å². The number of halogens is 3. The molecule has 158 valence electrons. The van der Waals surface area contributed by atoms with Crippen LogP contribution in [0.3, 0.4) is 0 Å². The minimum Gasteiger partial charge on any atom is -0.439 e. The molecule has 0 radical (unpaired) electrons. The predicted octanol–water partition coefficient (Wildman–Crippen LogP) is 4.25. The third-order valence-electron chi connectivity index (χ3n) is 5.49. The summed E-state index contributed by atoms with van der Waals surface area (Å²) >= 11 is 12.4. The molecule has 1 aromatic carbocycles. The highest BCUT2D eigenvalue weighted by atomic mass is 35.5. The third-order valence-corrected chi connectivity index (χ3v) is 6.04. The molecule has 0 spiro atoms. The number of hydrogen-bond donors (Lipinski definition) is 2. The van der Waals surface area contributed by atoms with Crippen LogP contribution in [0.25, 0.3) is 11.3 Å². The Bertz CT molecular complexity index is 1060. The zero-order valence-corrected chi connectivity index (χ0v) is 18.0. The van der Waals surface area contributed by atoms with Crippen molar-refractivity contribution in [2.24, 2.45) is 13.0 Å². The van der Waals surface area contributed by atoms with Crippen LogP contribution < -0.4 is 10.6 Å². The normalized spacial score (nSPS) is 21.6. The van der Waals surface area contributed by atoms with Crippen LogP contribution in [0, 0.1) is 11.7 Å². The molecule has 1 fully saturated rings. The molecular weight excluding hydrogens is 430 g/mol. The predicted molar refractivity (Wildman–Crippen MR) is 113 cm³/mol. The van der Waals surface area contributed by atoms with Gasteiger partial charge >= 0.3 is 0 Å². The van der Waals surface area contributed by atoms with E-state index in [4.69, 9.17) is 27.6 Å². The van der Waals surface area contributed by atoms with Crippen molar-refractivity contribution in [1.29, 1.82) is 0 Å². The highest BCUT2D eigenvalue weighted by molar-refractivity contribution is 6.35. The van der Waals surface area contributed by atoms with E-state index in [1.807, 2.05) is 6.07 Å². The summed E-state index contributed by atoms with van der Waals surface area (Å²) in [6.45, 7) is 3.42. The summed E-state index contributed by atoms with van der Waals surface area (Å²) in [6.07, 6.45) is 1.50. The first kappa shape index (κ1) is 20.9. The van der Waals surface area contributed by atoms with Gasteiger partial charge in [0.25, 0.3) is 5.91 Å². The molecule has 30 heavy (non-hydrogen) atoms. The van der Waals surface area contributed by atoms with Crippen molar-refractivity contribution in [2.75, 3.05) is 13.1 Å². The van der Waals surface area contributed by atoms with E-state index in [1.54, 1.807) is 23.9 Å². The Morgan fingerprint density at radius 3 is 2.83 bits per heavy atom. The number of carbonyl (C=O) groups is 1. The van der Waals surface area contributed by atoms with Crippen LogP contribution in [-0.2, 0) is 7.05 Å². The van der Waals surface area contributed by atoms with Gasteiger partial charge in [0.05, 0.1) is 22.5 Å². The van der Waals surface area contributed by atoms with Crippen molar-refractivity contribution in [1.82, 2.24) is 20.4 Å². The van der Waals surface area contributed by atoms with Gasteiger partial charge in [-0.05, 0) is 41.8 Å². The van der Waals surface area contributed by atoms with E-state index in [0.717, 1.165) is 12.1 Å². The van der Waals surface area contributed by atoms with Crippen LogP contribution in [0.1, 0.15) is 29.0 Å². The fraction of sp³-hybridized carbons (Fsp3) is 0.333. The monoisotopic (exact) mass is 450 g/mol. The number of hydrogen-bond acceptors (Lipinski definition) is 4. The maximum atomic E-state index is 13.8. The van der Waals surface area contributed by atoms with Crippen molar-refractivity contribution >= 4 is 29.1 Å². The van der Waals surface area contributed by atoms with Gasteiger partial charge in [-0.2, -0.15) is 5.10 Å². The lowest BCUT2D eigenvalue weighted by atomic mass is 9.79. The Balaban J connectivity index is 1.59. The second-order valence-corrected chi connectivity index (χ2v) is 8.31. The number of benzene rings is 1. The molecule has 1 aliphatic rings. The lowest BCUT2D eigenvalue weighted by Gasteiger charge is -2.37. The molecule has 3 aromatic rings. The second kappa shape index (κ2) is 8.41. The molecule has 1 aliphatic heterocycles. The average molecular weight is 451 g/mol. The summed E-state index contributed by atoms with van der Waals surface area (Å²) < 4.78 is 20.9. The Kier molecular flexibility index (Phi) is 5.86. The molecule has 3 heterocycles. The first-order valence-corrected chi connectivity index (χ1v) is 10.3. The van der Waals surface area contributed by atoms with Crippen LogP contribution in [0.4, 0.5) is 4.39 Å². The summed E-state index contributed by atoms with van der Waals surface area (Å²) in [7, 11) is 1.73. The van der Waals surface area contributed by atoms with E-state index < -0.39 is 5.91 Å². The highest BCUT2D eigenvalue weighted by Gasteiger charge is 2.34. The van der Waals surface area contributed by atoms with E-state index in [9.17, 15) is 9.18 Å². The van der Waals surface area contributed by atoms with Crippen LogP contribution in [-0.4, -0.2) is 34.8 Å². The molecule has 0 aliphatic carbocycles. The van der Waals surface area contributed by atoms with Gasteiger partial charge in [0.2, 0.25) is 5.22 Å². The van der Waals surface area contributed by atoms with E-state index in [1.165, 1.54) is 18.3 Å². The van der Waals surface area contributed by atoms with Crippen molar-refractivity contribution in [3.05, 3.63) is 63.9 Å². The summed E-state index contributed by atoms with van der Waals surface area (Å²) in [4.78, 5) is 12.9. The first-order valence-electron chi connectivity index (χ1n) is 9.59. The number of aromatic nitrogens is 2. The standard InChI is InChI=1S/C21H21Cl2FN4O2/c1-11-8-25-10-16(18(11)12-4-3-5-13(24)6-12)27-21(29)17-7-14(20(23)30-17)19-15(22)9-26-28(19)2/h3-7,9,11,16,18,25H,8,10H2,1-2H3,(H,27,29)/t11-,16+,18-/m0/s1. The zero-order chi connectivity index (χ0) is 21.4. The molecule has 9 heteroatoms. The van der Waals surface area contributed by atoms with Gasteiger partial charge in [-0.1, -0.05) is 30.7 Å². The van der Waals surface area contributed by atoms with Gasteiger partial charge in [-0.3, -0.25) is 9.48 Å².